The van der Waals surface area contributed by atoms with E-state index in [0.29, 0.717) is 10.3 Å². The Morgan fingerprint density at radius 3 is 2.62 bits per heavy atom. The zero-order valence-corrected chi connectivity index (χ0v) is 19.4. The van der Waals surface area contributed by atoms with E-state index < -0.39 is 39.1 Å². The van der Waals surface area contributed by atoms with Crippen LogP contribution in [0.5, 0.6) is 0 Å². The van der Waals surface area contributed by atoms with Crippen LogP contribution in [-0.4, -0.2) is 38.4 Å². The minimum absolute atomic E-state index is 0.0414. The molecule has 13 heteroatoms. The van der Waals surface area contributed by atoms with Crippen molar-refractivity contribution < 1.29 is 31.9 Å². The molecule has 0 aliphatic carbocycles. The van der Waals surface area contributed by atoms with E-state index in [2.05, 4.69) is 16.0 Å². The maximum Gasteiger partial charge on any atom is 0.407 e. The second-order valence-electron chi connectivity index (χ2n) is 7.78. The van der Waals surface area contributed by atoms with Gasteiger partial charge in [-0.25, -0.2) is 27.1 Å². The highest BCUT2D eigenvalue weighted by Crippen LogP contribution is 2.15. The molecule has 1 aromatic heterocycles. The molecular formula is C19H25FN4O6S2. The number of alkyl carbamates (subject to hydrolysis) is 1. The number of ether oxygens (including phenoxy) is 1. The molecule has 3 amide bonds. The molecule has 1 heterocycles. The van der Waals surface area contributed by atoms with Gasteiger partial charge in [-0.3, -0.25) is 0 Å². The molecule has 1 aromatic carbocycles. The lowest BCUT2D eigenvalue weighted by molar-refractivity contribution is -0.592. The lowest BCUT2D eigenvalue weighted by Gasteiger charge is -2.19. The maximum absolute atomic E-state index is 13.2. The zero-order valence-electron chi connectivity index (χ0n) is 17.8. The van der Waals surface area contributed by atoms with Gasteiger partial charge < -0.3 is 20.6 Å². The number of thiazole rings is 1. The van der Waals surface area contributed by atoms with Gasteiger partial charge in [0.2, 0.25) is 0 Å². The number of carbonyl (C=O) groups is 2. The van der Waals surface area contributed by atoms with Crippen molar-refractivity contribution in [3.05, 3.63) is 51.9 Å². The second kappa shape index (κ2) is 10.6. The van der Waals surface area contributed by atoms with Gasteiger partial charge in [0.05, 0.1) is 5.75 Å². The number of nitrogens with zero attached hydrogens (tertiary/aromatic N) is 1. The number of aromatic nitrogens is 1. The average molecular weight is 489 g/mol. The number of rotatable bonds is 8. The summed E-state index contributed by atoms with van der Waals surface area (Å²) in [5, 5.41) is 20.7. The van der Waals surface area contributed by atoms with Gasteiger partial charge in [-0.15, -0.1) is 0 Å². The highest BCUT2D eigenvalue weighted by Gasteiger charge is 2.22. The van der Waals surface area contributed by atoms with Crippen LogP contribution in [0.2, 0.25) is 0 Å². The summed E-state index contributed by atoms with van der Waals surface area (Å²) < 4.78 is 43.0. The zero-order chi connectivity index (χ0) is 23.9. The molecule has 0 aliphatic heterocycles. The van der Waals surface area contributed by atoms with E-state index in [4.69, 9.17) is 4.74 Å². The number of nitrogens with one attached hydrogen (secondary N) is 3. The van der Waals surface area contributed by atoms with Crippen LogP contribution in [0.4, 0.5) is 19.1 Å². The van der Waals surface area contributed by atoms with Crippen LogP contribution >= 0.6 is 11.3 Å². The first-order valence-electron chi connectivity index (χ1n) is 9.51. The molecule has 0 atom stereocenters. The van der Waals surface area contributed by atoms with Crippen molar-refractivity contribution >= 4 is 38.4 Å². The topological polar surface area (TPSA) is 141 Å². The summed E-state index contributed by atoms with van der Waals surface area (Å²) in [5.41, 5.74) is -0.235. The highest BCUT2D eigenvalue weighted by molar-refractivity contribution is 7.90. The quantitative estimate of drug-likeness (QED) is 0.385. The Balaban J connectivity index is 1.85. The van der Waals surface area contributed by atoms with Crippen LogP contribution in [0, 0.1) is 11.0 Å². The summed E-state index contributed by atoms with van der Waals surface area (Å²) in [4.78, 5) is 23.6. The first-order chi connectivity index (χ1) is 14.8. The molecular weight excluding hydrogens is 463 g/mol. The van der Waals surface area contributed by atoms with Crippen LogP contribution in [0.3, 0.4) is 0 Å². The molecule has 0 unspecified atom stereocenters. The number of carbonyl (C=O) groups excluding carboxylic acids is 2. The fourth-order valence-corrected chi connectivity index (χ4v) is 4.52. The Morgan fingerprint density at radius 1 is 1.25 bits per heavy atom. The summed E-state index contributed by atoms with van der Waals surface area (Å²) >= 11 is 0.869. The van der Waals surface area contributed by atoms with Crippen molar-refractivity contribution in [1.29, 1.82) is 0 Å². The fraction of sp³-hybridized carbons (Fsp3) is 0.421. The summed E-state index contributed by atoms with van der Waals surface area (Å²) in [6.45, 7) is 4.91. The van der Waals surface area contributed by atoms with E-state index in [0.717, 1.165) is 11.3 Å². The second-order valence-corrected chi connectivity index (χ2v) is 10.8. The number of amides is 3. The SMILES string of the molecule is CC(C)(C)OC(=O)NCCS(=O)(=O)Cc1csc(NC(=O)NCc2cccc(F)c2)[n+]1[O-]. The third-order valence-electron chi connectivity index (χ3n) is 3.76. The van der Waals surface area contributed by atoms with Gasteiger partial charge in [0.1, 0.15) is 22.9 Å². The molecule has 10 nitrogen and oxygen atoms in total. The van der Waals surface area contributed by atoms with Gasteiger partial charge in [-0.1, -0.05) is 23.5 Å². The third-order valence-corrected chi connectivity index (χ3v) is 6.21. The summed E-state index contributed by atoms with van der Waals surface area (Å²) in [6, 6.07) is 4.98. The molecule has 3 N–H and O–H groups in total. The number of hydrogen-bond acceptors (Lipinski definition) is 7. The number of hydrogen-bond donors (Lipinski definition) is 3. The van der Waals surface area contributed by atoms with Crippen molar-refractivity contribution in [3.63, 3.8) is 0 Å². The number of sulfone groups is 1. The summed E-state index contributed by atoms with van der Waals surface area (Å²) in [7, 11) is -3.71. The Kier molecular flexibility index (Phi) is 8.38. The predicted octanol–water partition coefficient (Wildman–Crippen LogP) is 2.28. The Morgan fingerprint density at radius 2 is 1.97 bits per heavy atom. The molecule has 0 saturated heterocycles. The van der Waals surface area contributed by atoms with Gasteiger partial charge in [0.25, 0.3) is 0 Å². The van der Waals surface area contributed by atoms with Gasteiger partial charge in [0.15, 0.2) is 9.84 Å². The standard InChI is InChI=1S/C19H25FN4O6S2/c1-19(2,3)30-18(26)21-7-8-32(28,29)12-15-11-31-17(24(15)27)23-16(25)22-10-13-5-4-6-14(20)9-13/h4-6,9,11H,7-8,10,12H2,1-3H3,(H,21,26)(H2,22,23,25). The van der Waals surface area contributed by atoms with Crippen LogP contribution in [0.1, 0.15) is 32.0 Å². The first kappa shape index (κ1) is 25.3. The molecule has 0 fully saturated rings. The minimum atomic E-state index is -3.71. The average Bonchev–Trinajstić information content (AvgIpc) is 2.97. The maximum atomic E-state index is 13.2. The molecule has 0 radical (unpaired) electrons. The molecule has 0 aliphatic rings. The third kappa shape index (κ3) is 8.67. The lowest BCUT2D eigenvalue weighted by atomic mass is 10.2. The smallest absolute Gasteiger partial charge is 0.407 e. The van der Waals surface area contributed by atoms with Gasteiger partial charge in [-0.05, 0) is 38.5 Å². The van der Waals surface area contributed by atoms with E-state index >= 15 is 0 Å². The van der Waals surface area contributed by atoms with Crippen LogP contribution in [0.15, 0.2) is 29.6 Å². The van der Waals surface area contributed by atoms with E-state index in [9.17, 15) is 27.6 Å². The van der Waals surface area contributed by atoms with Crippen LogP contribution < -0.4 is 20.7 Å². The van der Waals surface area contributed by atoms with E-state index in [1.807, 2.05) is 0 Å². The summed E-state index contributed by atoms with van der Waals surface area (Å²) in [6.07, 6.45) is -0.738. The number of anilines is 1. The van der Waals surface area contributed by atoms with Crippen molar-refractivity contribution in [2.24, 2.45) is 0 Å². The number of urea groups is 1. The summed E-state index contributed by atoms with van der Waals surface area (Å²) in [5.74, 6) is -1.39. The van der Waals surface area contributed by atoms with Gasteiger partial charge in [-0.2, -0.15) is 5.32 Å². The minimum Gasteiger partial charge on any atom is -0.710 e. The fourth-order valence-electron chi connectivity index (χ4n) is 2.41. The van der Waals surface area contributed by atoms with Gasteiger partial charge >= 0.3 is 17.3 Å². The highest BCUT2D eigenvalue weighted by atomic mass is 32.2. The molecule has 0 spiro atoms. The molecule has 0 saturated carbocycles. The molecule has 176 valence electrons. The monoisotopic (exact) mass is 488 g/mol. The first-order valence-corrected chi connectivity index (χ1v) is 12.2. The van der Waals surface area contributed by atoms with Gasteiger partial charge in [0, 0.05) is 18.5 Å². The van der Waals surface area contributed by atoms with Crippen molar-refractivity contribution in [3.8, 4) is 0 Å². The Labute approximate surface area is 189 Å². The molecule has 2 aromatic rings. The van der Waals surface area contributed by atoms with Crippen molar-refractivity contribution in [2.75, 3.05) is 17.6 Å². The lowest BCUT2D eigenvalue weighted by Crippen LogP contribution is -2.38. The molecule has 0 bridgehead atoms. The van der Waals surface area contributed by atoms with Crippen LogP contribution in [0.25, 0.3) is 0 Å². The van der Waals surface area contributed by atoms with E-state index in [-0.39, 0.29) is 29.7 Å². The Hall–Kier alpha value is -2.93. The molecule has 2 rings (SSSR count). The van der Waals surface area contributed by atoms with E-state index in [1.54, 1.807) is 26.8 Å². The normalized spacial score (nSPS) is 11.6. The van der Waals surface area contributed by atoms with E-state index in [1.165, 1.54) is 23.6 Å². The largest absolute Gasteiger partial charge is 0.710 e. The van der Waals surface area contributed by atoms with Crippen molar-refractivity contribution in [2.45, 2.75) is 38.7 Å². The number of benzene rings is 1. The predicted molar refractivity (Wildman–Crippen MR) is 117 cm³/mol. The molecule has 32 heavy (non-hydrogen) atoms. The van der Waals surface area contributed by atoms with Crippen LogP contribution in [-0.2, 0) is 26.9 Å². The Bertz CT molecular complexity index is 1070. The number of halogens is 1. The van der Waals surface area contributed by atoms with Crippen molar-refractivity contribution in [1.82, 2.24) is 10.6 Å².